The molecule has 3 aromatic rings. The normalized spacial score (nSPS) is 15.0. The van der Waals surface area contributed by atoms with Crippen LogP contribution in [0.15, 0.2) is 41.2 Å². The van der Waals surface area contributed by atoms with Crippen molar-refractivity contribution in [1.82, 2.24) is 9.97 Å². The molecule has 4 rings (SSSR count). The molecule has 2 amide bonds. The Labute approximate surface area is 201 Å². The van der Waals surface area contributed by atoms with Gasteiger partial charge < -0.3 is 16.0 Å². The van der Waals surface area contributed by atoms with Gasteiger partial charge in [0.05, 0.1) is 22.2 Å². The van der Waals surface area contributed by atoms with Gasteiger partial charge >= 0.3 is 0 Å². The largest absolute Gasteiger partial charge is 0.325 e. The third kappa shape index (κ3) is 4.83. The van der Waals surface area contributed by atoms with Gasteiger partial charge in [-0.3, -0.25) is 19.4 Å². The lowest BCUT2D eigenvalue weighted by molar-refractivity contribution is -0.123. The van der Waals surface area contributed by atoms with E-state index in [9.17, 15) is 14.4 Å². The summed E-state index contributed by atoms with van der Waals surface area (Å²) in [7, 11) is 0. The molecule has 1 atom stereocenters. The van der Waals surface area contributed by atoms with Crippen molar-refractivity contribution in [2.24, 2.45) is 0 Å². The fourth-order valence-electron chi connectivity index (χ4n) is 3.23. The molecule has 2 aromatic carbocycles. The van der Waals surface area contributed by atoms with Crippen LogP contribution >= 0.6 is 46.4 Å². The number of nitrogens with one attached hydrogen (secondary N) is 4. The van der Waals surface area contributed by atoms with Gasteiger partial charge in [0.25, 0.3) is 5.56 Å². The summed E-state index contributed by atoms with van der Waals surface area (Å²) in [6.45, 7) is 0. The summed E-state index contributed by atoms with van der Waals surface area (Å²) in [6, 6.07) is 9.25. The van der Waals surface area contributed by atoms with Gasteiger partial charge in [0.1, 0.15) is 5.82 Å². The predicted molar refractivity (Wildman–Crippen MR) is 126 cm³/mol. The molecule has 0 bridgehead atoms. The van der Waals surface area contributed by atoms with Gasteiger partial charge in [-0.2, -0.15) is 4.98 Å². The van der Waals surface area contributed by atoms with Gasteiger partial charge in [-0.25, -0.2) is 0 Å². The second-order valence-electron chi connectivity index (χ2n) is 6.88. The van der Waals surface area contributed by atoms with E-state index < -0.39 is 23.3 Å². The molecule has 1 aromatic heterocycles. The summed E-state index contributed by atoms with van der Waals surface area (Å²) in [5.41, 5.74) is 0.211. The van der Waals surface area contributed by atoms with Crippen LogP contribution in [0.25, 0.3) is 0 Å². The van der Waals surface area contributed by atoms with Crippen LogP contribution in [0, 0.1) is 0 Å². The van der Waals surface area contributed by atoms with Crippen LogP contribution in [-0.4, -0.2) is 21.8 Å². The first-order chi connectivity index (χ1) is 15.2. The number of carbonyl (C=O) groups is 2. The summed E-state index contributed by atoms with van der Waals surface area (Å²) < 4.78 is 0. The first-order valence-corrected chi connectivity index (χ1v) is 10.6. The van der Waals surface area contributed by atoms with Crippen molar-refractivity contribution >= 4 is 81.4 Å². The molecular formula is C20H13Cl4N5O3. The molecular weight excluding hydrogens is 500 g/mol. The highest BCUT2D eigenvalue weighted by atomic mass is 35.5. The molecule has 0 spiro atoms. The Hall–Kier alpha value is -2.78. The lowest BCUT2D eigenvalue weighted by atomic mass is 9.92. The summed E-state index contributed by atoms with van der Waals surface area (Å²) in [4.78, 5) is 44.8. The smallest absolute Gasteiger partial charge is 0.258 e. The highest BCUT2D eigenvalue weighted by Gasteiger charge is 2.35. The molecule has 0 unspecified atom stereocenters. The maximum Gasteiger partial charge on any atom is 0.258 e. The molecule has 1 aliphatic heterocycles. The highest BCUT2D eigenvalue weighted by Crippen LogP contribution is 2.32. The van der Waals surface area contributed by atoms with Gasteiger partial charge in [0, 0.05) is 27.2 Å². The minimum absolute atomic E-state index is 0.0261. The zero-order chi connectivity index (χ0) is 23.0. The predicted octanol–water partition coefficient (Wildman–Crippen LogP) is 5.19. The van der Waals surface area contributed by atoms with Gasteiger partial charge in [-0.1, -0.05) is 46.4 Å². The maximum absolute atomic E-state index is 12.9. The van der Waals surface area contributed by atoms with Crippen LogP contribution in [0.2, 0.25) is 20.1 Å². The van der Waals surface area contributed by atoms with Gasteiger partial charge in [0.15, 0.2) is 0 Å². The van der Waals surface area contributed by atoms with Crippen LogP contribution in [0.5, 0.6) is 0 Å². The number of amides is 2. The minimum Gasteiger partial charge on any atom is -0.325 e. The van der Waals surface area contributed by atoms with E-state index in [4.69, 9.17) is 46.4 Å². The molecule has 0 fully saturated rings. The van der Waals surface area contributed by atoms with Crippen molar-refractivity contribution in [2.45, 2.75) is 12.3 Å². The van der Waals surface area contributed by atoms with Gasteiger partial charge in [0.2, 0.25) is 17.8 Å². The third-order valence-electron chi connectivity index (χ3n) is 4.58. The average molecular weight is 513 g/mol. The SMILES string of the molecule is O=C1C[C@@H](C(=O)Nc2cc(Cl)cc(Cl)c2)c2c(nc(Nc3ccc(Cl)cc3Cl)[nH]c2=O)N1. The molecule has 0 saturated heterocycles. The van der Waals surface area contributed by atoms with Crippen molar-refractivity contribution < 1.29 is 9.59 Å². The molecule has 8 nitrogen and oxygen atoms in total. The fraction of sp³-hybridized carbons (Fsp3) is 0.100. The van der Waals surface area contributed by atoms with Crippen LogP contribution < -0.4 is 21.5 Å². The molecule has 4 N–H and O–H groups in total. The number of aromatic nitrogens is 2. The second-order valence-corrected chi connectivity index (χ2v) is 8.59. The Kier molecular flexibility index (Phi) is 6.30. The highest BCUT2D eigenvalue weighted by molar-refractivity contribution is 6.36. The number of H-pyrrole nitrogens is 1. The third-order valence-corrected chi connectivity index (χ3v) is 5.57. The number of aromatic amines is 1. The summed E-state index contributed by atoms with van der Waals surface area (Å²) in [6.07, 6.45) is -0.228. The van der Waals surface area contributed by atoms with Crippen LogP contribution in [0.3, 0.4) is 0 Å². The number of fused-ring (bicyclic) bond motifs is 1. The lowest BCUT2D eigenvalue weighted by Gasteiger charge is -2.23. The number of anilines is 4. The molecule has 0 saturated carbocycles. The maximum atomic E-state index is 12.9. The van der Waals surface area contributed by atoms with E-state index in [1.54, 1.807) is 12.1 Å². The molecule has 2 heterocycles. The van der Waals surface area contributed by atoms with Crippen LogP contribution in [-0.2, 0) is 9.59 Å². The number of hydrogen-bond donors (Lipinski definition) is 4. The van der Waals surface area contributed by atoms with E-state index >= 15 is 0 Å². The molecule has 12 heteroatoms. The van der Waals surface area contributed by atoms with Crippen LogP contribution in [0.1, 0.15) is 17.9 Å². The standard InChI is InChI=1S/C20H13Cl4N5O3/c21-8-1-2-14(13(24)6-8)26-20-28-17-16(19(32)29-20)12(7-15(30)27-17)18(31)25-11-4-9(22)3-10(23)5-11/h1-6,12H,7H2,(H,25,31)(H3,26,27,28,29,30,32)/t12-/m1/s1. The number of nitrogens with zero attached hydrogens (tertiary/aromatic N) is 1. The molecule has 1 aliphatic rings. The van der Waals surface area contributed by atoms with E-state index in [1.807, 2.05) is 0 Å². The first-order valence-electron chi connectivity index (χ1n) is 9.12. The summed E-state index contributed by atoms with van der Waals surface area (Å²) >= 11 is 24.0. The number of benzene rings is 2. The van der Waals surface area contributed by atoms with Crippen molar-refractivity contribution in [1.29, 1.82) is 0 Å². The van der Waals surface area contributed by atoms with Gasteiger partial charge in [-0.05, 0) is 36.4 Å². The number of rotatable bonds is 4. The number of hydrogen-bond acceptors (Lipinski definition) is 5. The van der Waals surface area contributed by atoms with E-state index in [2.05, 4.69) is 25.9 Å². The molecule has 0 aliphatic carbocycles. The van der Waals surface area contributed by atoms with Crippen molar-refractivity contribution in [3.05, 3.63) is 72.4 Å². The molecule has 32 heavy (non-hydrogen) atoms. The Morgan fingerprint density at radius 2 is 1.72 bits per heavy atom. The van der Waals surface area contributed by atoms with Crippen molar-refractivity contribution in [3.63, 3.8) is 0 Å². The zero-order valence-electron chi connectivity index (χ0n) is 15.9. The lowest BCUT2D eigenvalue weighted by Crippen LogP contribution is -2.36. The summed E-state index contributed by atoms with van der Waals surface area (Å²) in [5.74, 6) is -2.10. The molecule has 164 valence electrons. The Morgan fingerprint density at radius 1 is 1.00 bits per heavy atom. The van der Waals surface area contributed by atoms with E-state index in [-0.39, 0.29) is 23.8 Å². The molecule has 0 radical (unpaired) electrons. The quantitative estimate of drug-likeness (QED) is 0.383. The van der Waals surface area contributed by atoms with Crippen LogP contribution in [0.4, 0.5) is 23.1 Å². The second kappa shape index (κ2) is 8.99. The average Bonchev–Trinajstić information content (AvgIpc) is 2.68. The fourth-order valence-corrected chi connectivity index (χ4v) is 4.21. The summed E-state index contributed by atoms with van der Waals surface area (Å²) in [5, 5.41) is 9.42. The topological polar surface area (TPSA) is 116 Å². The Morgan fingerprint density at radius 3 is 2.41 bits per heavy atom. The monoisotopic (exact) mass is 511 g/mol. The van der Waals surface area contributed by atoms with E-state index in [0.717, 1.165) is 0 Å². The first kappa shape index (κ1) is 22.4. The van der Waals surface area contributed by atoms with Crippen molar-refractivity contribution in [2.75, 3.05) is 16.0 Å². The minimum atomic E-state index is -1.07. The van der Waals surface area contributed by atoms with E-state index in [1.165, 1.54) is 24.3 Å². The number of halogens is 4. The number of carbonyl (C=O) groups excluding carboxylic acids is 2. The van der Waals surface area contributed by atoms with Crippen molar-refractivity contribution in [3.8, 4) is 0 Å². The Balaban J connectivity index is 1.65. The Bertz CT molecular complexity index is 1290. The van der Waals surface area contributed by atoms with E-state index in [0.29, 0.717) is 31.5 Å². The van der Waals surface area contributed by atoms with Gasteiger partial charge in [-0.15, -0.1) is 0 Å². The zero-order valence-corrected chi connectivity index (χ0v) is 19.0.